The smallest absolute Gasteiger partial charge is 0.252 e. The summed E-state index contributed by atoms with van der Waals surface area (Å²) in [5.41, 5.74) is 7.66. The Morgan fingerprint density at radius 1 is 1.26 bits per heavy atom. The van der Waals surface area contributed by atoms with Gasteiger partial charge in [-0.2, -0.15) is 5.26 Å². The normalized spacial score (nSPS) is 11.6. The Kier molecular flexibility index (Phi) is 6.75. The number of aliphatic hydroxyl groups excluding tert-OH is 1. The number of pyridine rings is 2. The number of hydrogen-bond acceptors (Lipinski definition) is 9. The summed E-state index contributed by atoms with van der Waals surface area (Å²) in [5, 5.41) is 24.8. The maximum Gasteiger partial charge on any atom is 0.252 e. The van der Waals surface area contributed by atoms with Crippen LogP contribution in [0.2, 0.25) is 0 Å². The second kappa shape index (κ2) is 10.1. The van der Waals surface area contributed by atoms with E-state index in [-0.39, 0.29) is 35.9 Å². The Bertz CT molecular complexity index is 1440. The Balaban J connectivity index is 1.98. The zero-order valence-electron chi connectivity index (χ0n) is 18.7. The minimum absolute atomic E-state index is 0.00843. The second-order valence-corrected chi connectivity index (χ2v) is 7.56. The fraction of sp³-hybridized carbons (Fsp3) is 0.167. The van der Waals surface area contributed by atoms with Crippen molar-refractivity contribution in [2.24, 2.45) is 0 Å². The summed E-state index contributed by atoms with van der Waals surface area (Å²) in [6.45, 7) is 1.52. The lowest BCUT2D eigenvalue weighted by Crippen LogP contribution is -2.28. The van der Waals surface area contributed by atoms with E-state index < -0.39 is 17.8 Å². The number of fused-ring (bicyclic) bond motifs is 1. The molecule has 4 aromatic rings. The van der Waals surface area contributed by atoms with Gasteiger partial charge in [0.15, 0.2) is 0 Å². The third-order valence-electron chi connectivity index (χ3n) is 5.27. The summed E-state index contributed by atoms with van der Waals surface area (Å²) in [5.74, 6) is -0.827. The summed E-state index contributed by atoms with van der Waals surface area (Å²) in [6.07, 6.45) is 2.80. The first kappa shape index (κ1) is 23.5. The van der Waals surface area contributed by atoms with E-state index in [9.17, 15) is 19.6 Å². The highest BCUT2D eigenvalue weighted by atomic mass is 19.1. The first-order valence-corrected chi connectivity index (χ1v) is 10.6. The number of aromatic nitrogens is 4. The maximum atomic E-state index is 14.2. The number of benzene rings is 1. The molecule has 3 aromatic heterocycles. The van der Waals surface area contributed by atoms with Gasteiger partial charge in [-0.1, -0.05) is 6.07 Å². The van der Waals surface area contributed by atoms with Crippen molar-refractivity contribution >= 4 is 28.4 Å². The lowest BCUT2D eigenvalue weighted by Gasteiger charge is -2.22. The zero-order valence-corrected chi connectivity index (χ0v) is 18.7. The van der Waals surface area contributed by atoms with Crippen molar-refractivity contribution in [2.45, 2.75) is 13.0 Å². The molecule has 4 rings (SSSR count). The van der Waals surface area contributed by atoms with Crippen LogP contribution >= 0.6 is 0 Å². The van der Waals surface area contributed by atoms with Gasteiger partial charge in [0.25, 0.3) is 5.91 Å². The van der Waals surface area contributed by atoms with E-state index in [0.717, 1.165) is 0 Å². The quantitative estimate of drug-likeness (QED) is 0.316. The van der Waals surface area contributed by atoms with Crippen LogP contribution in [0.15, 0.2) is 48.9 Å². The molecule has 0 aliphatic rings. The van der Waals surface area contributed by atoms with Crippen molar-refractivity contribution in [2.75, 3.05) is 24.2 Å². The SMILES string of the molecule is CC(Nc1ncnc(N)c1C#N)c1nc2ccc(F)cc2c(C(=O)NCCO)c1-c1ccccn1. The minimum atomic E-state index is -0.591. The van der Waals surface area contributed by atoms with Gasteiger partial charge in [0.2, 0.25) is 0 Å². The van der Waals surface area contributed by atoms with Crippen LogP contribution < -0.4 is 16.4 Å². The third-order valence-corrected chi connectivity index (χ3v) is 5.27. The number of nitrogen functional groups attached to an aromatic ring is 1. The molecule has 1 unspecified atom stereocenters. The number of rotatable bonds is 7. The standard InChI is InChI=1S/C24H21FN8O2/c1-13(32-23-16(11-26)22(27)30-12-31-23)21-20(18-4-2-3-7-28-18)19(24(35)29-8-9-34)15-10-14(25)5-6-17(15)33-21/h2-7,10,12-13,34H,8-9H2,1H3,(H,29,35)(H3,27,30,31,32). The summed E-state index contributed by atoms with van der Waals surface area (Å²) >= 11 is 0. The highest BCUT2D eigenvalue weighted by Gasteiger charge is 2.26. The fourth-order valence-corrected chi connectivity index (χ4v) is 3.72. The molecule has 1 aromatic carbocycles. The molecule has 1 atom stereocenters. The fourth-order valence-electron chi connectivity index (χ4n) is 3.72. The number of nitriles is 1. The average Bonchev–Trinajstić information content (AvgIpc) is 2.86. The Morgan fingerprint density at radius 3 is 2.80 bits per heavy atom. The third kappa shape index (κ3) is 4.68. The highest BCUT2D eigenvalue weighted by Crippen LogP contribution is 2.36. The van der Waals surface area contributed by atoms with E-state index in [1.807, 2.05) is 6.07 Å². The van der Waals surface area contributed by atoms with Crippen LogP contribution in [-0.4, -0.2) is 44.1 Å². The van der Waals surface area contributed by atoms with Crippen molar-refractivity contribution < 1.29 is 14.3 Å². The van der Waals surface area contributed by atoms with E-state index in [1.54, 1.807) is 31.3 Å². The lowest BCUT2D eigenvalue weighted by molar-refractivity contribution is 0.0947. The first-order valence-electron chi connectivity index (χ1n) is 10.6. The molecular weight excluding hydrogens is 451 g/mol. The first-order chi connectivity index (χ1) is 16.9. The molecule has 5 N–H and O–H groups in total. The van der Waals surface area contributed by atoms with Gasteiger partial charge in [-0.25, -0.2) is 19.3 Å². The van der Waals surface area contributed by atoms with E-state index in [4.69, 9.17) is 10.7 Å². The van der Waals surface area contributed by atoms with Gasteiger partial charge in [-0.3, -0.25) is 9.78 Å². The molecule has 0 radical (unpaired) electrons. The van der Waals surface area contributed by atoms with Crippen LogP contribution in [0.25, 0.3) is 22.2 Å². The molecule has 10 nitrogen and oxygen atoms in total. The number of anilines is 2. The Morgan fingerprint density at radius 2 is 2.09 bits per heavy atom. The maximum absolute atomic E-state index is 14.2. The summed E-state index contributed by atoms with van der Waals surface area (Å²) in [4.78, 5) is 30.4. The molecule has 0 saturated carbocycles. The van der Waals surface area contributed by atoms with Crippen molar-refractivity contribution in [3.8, 4) is 17.3 Å². The second-order valence-electron chi connectivity index (χ2n) is 7.56. The number of nitrogens with two attached hydrogens (primary N) is 1. The number of carbonyl (C=O) groups excluding carboxylic acids is 1. The molecule has 0 fully saturated rings. The van der Waals surface area contributed by atoms with Gasteiger partial charge >= 0.3 is 0 Å². The molecular formula is C24H21FN8O2. The monoisotopic (exact) mass is 472 g/mol. The topological polar surface area (TPSA) is 163 Å². The average molecular weight is 472 g/mol. The predicted molar refractivity (Wildman–Crippen MR) is 128 cm³/mol. The van der Waals surface area contributed by atoms with Crippen molar-refractivity contribution in [3.05, 3.63) is 71.6 Å². The van der Waals surface area contributed by atoms with Crippen molar-refractivity contribution in [1.29, 1.82) is 5.26 Å². The molecule has 0 saturated heterocycles. The van der Waals surface area contributed by atoms with Gasteiger partial charge < -0.3 is 21.5 Å². The highest BCUT2D eigenvalue weighted by molar-refractivity contribution is 6.12. The number of carbonyl (C=O) groups is 1. The predicted octanol–water partition coefficient (Wildman–Crippen LogP) is 2.57. The largest absolute Gasteiger partial charge is 0.395 e. The van der Waals surface area contributed by atoms with E-state index in [2.05, 4.69) is 25.6 Å². The van der Waals surface area contributed by atoms with Crippen molar-refractivity contribution in [3.63, 3.8) is 0 Å². The number of nitrogens with one attached hydrogen (secondary N) is 2. The number of amides is 1. The molecule has 0 aliphatic heterocycles. The molecule has 0 aliphatic carbocycles. The lowest BCUT2D eigenvalue weighted by atomic mass is 9.94. The van der Waals surface area contributed by atoms with Crippen LogP contribution in [0, 0.1) is 17.1 Å². The van der Waals surface area contributed by atoms with Gasteiger partial charge in [0.05, 0.1) is 35.1 Å². The van der Waals surface area contributed by atoms with Gasteiger partial charge in [-0.15, -0.1) is 0 Å². The van der Waals surface area contributed by atoms with Crippen LogP contribution in [0.4, 0.5) is 16.0 Å². The Hall–Kier alpha value is -4.69. The molecule has 1 amide bonds. The number of nitrogens with zero attached hydrogens (tertiary/aromatic N) is 5. The Labute approximate surface area is 199 Å². The van der Waals surface area contributed by atoms with Crippen LogP contribution in [-0.2, 0) is 0 Å². The van der Waals surface area contributed by atoms with E-state index in [1.165, 1.54) is 24.5 Å². The van der Waals surface area contributed by atoms with Crippen molar-refractivity contribution in [1.82, 2.24) is 25.3 Å². The van der Waals surface area contributed by atoms with Crippen LogP contribution in [0.3, 0.4) is 0 Å². The molecule has 0 spiro atoms. The van der Waals surface area contributed by atoms with E-state index >= 15 is 0 Å². The summed E-state index contributed by atoms with van der Waals surface area (Å²) in [7, 11) is 0. The van der Waals surface area contributed by atoms with Gasteiger partial charge in [0.1, 0.15) is 35.4 Å². The van der Waals surface area contributed by atoms with Crippen LogP contribution in [0.1, 0.15) is 34.6 Å². The van der Waals surface area contributed by atoms with Gasteiger partial charge in [0, 0.05) is 23.7 Å². The molecule has 0 bridgehead atoms. The van der Waals surface area contributed by atoms with Gasteiger partial charge in [-0.05, 0) is 37.3 Å². The molecule has 11 heteroatoms. The summed E-state index contributed by atoms with van der Waals surface area (Å²) < 4.78 is 14.2. The number of hydrogen-bond donors (Lipinski definition) is 4. The zero-order chi connectivity index (χ0) is 24.9. The number of aliphatic hydroxyl groups is 1. The molecule has 3 heterocycles. The van der Waals surface area contributed by atoms with Crippen LogP contribution in [0.5, 0.6) is 0 Å². The molecule has 176 valence electrons. The summed E-state index contributed by atoms with van der Waals surface area (Å²) in [6, 6.07) is 10.6. The van der Waals surface area contributed by atoms with E-state index in [0.29, 0.717) is 27.9 Å². The number of halogens is 1. The molecule has 35 heavy (non-hydrogen) atoms. The minimum Gasteiger partial charge on any atom is -0.395 e.